The van der Waals surface area contributed by atoms with E-state index in [-0.39, 0.29) is 0 Å². The van der Waals surface area contributed by atoms with E-state index in [1.54, 1.807) is 11.3 Å². The van der Waals surface area contributed by atoms with Crippen LogP contribution in [-0.2, 0) is 17.7 Å². The van der Waals surface area contributed by atoms with Gasteiger partial charge in [0.2, 0.25) is 0 Å². The maximum atomic E-state index is 5.78. The number of hydrogen-bond acceptors (Lipinski definition) is 5. The topological polar surface area (TPSA) is 51.4 Å². The van der Waals surface area contributed by atoms with Crippen molar-refractivity contribution in [1.82, 2.24) is 4.98 Å². The van der Waals surface area contributed by atoms with Crippen molar-refractivity contribution in [3.8, 4) is 0 Å². The predicted octanol–water partition coefficient (Wildman–Crippen LogP) is 1.78. The molecule has 0 bridgehead atoms. The summed E-state index contributed by atoms with van der Waals surface area (Å²) in [6.07, 6.45) is 3.24. The quantitative estimate of drug-likeness (QED) is 0.891. The summed E-state index contributed by atoms with van der Waals surface area (Å²) in [5.74, 6) is 0. The lowest BCUT2D eigenvalue weighted by Gasteiger charge is -2.17. The smallest absolute Gasteiger partial charge is 0.185 e. The highest BCUT2D eigenvalue weighted by Crippen LogP contribution is 2.27. The number of rotatable bonds is 4. The van der Waals surface area contributed by atoms with Crippen molar-refractivity contribution < 1.29 is 4.74 Å². The lowest BCUT2D eigenvalue weighted by atomic mass is 10.2. The van der Waals surface area contributed by atoms with Crippen LogP contribution >= 0.6 is 11.3 Å². The third kappa shape index (κ3) is 3.18. The molecule has 1 aliphatic heterocycles. The van der Waals surface area contributed by atoms with Crippen LogP contribution in [0.1, 0.15) is 30.3 Å². The first-order chi connectivity index (χ1) is 8.35. The minimum absolute atomic E-state index is 0.608. The minimum atomic E-state index is 0.608. The van der Waals surface area contributed by atoms with Gasteiger partial charge in [-0.3, -0.25) is 0 Å². The summed E-state index contributed by atoms with van der Waals surface area (Å²) >= 11 is 1.75. The van der Waals surface area contributed by atoms with Gasteiger partial charge in [0, 0.05) is 31.1 Å². The molecule has 0 radical (unpaired) electrons. The second kappa shape index (κ2) is 6.33. The van der Waals surface area contributed by atoms with Crippen molar-refractivity contribution in [2.75, 3.05) is 31.2 Å². The van der Waals surface area contributed by atoms with E-state index in [2.05, 4.69) is 11.8 Å². The summed E-state index contributed by atoms with van der Waals surface area (Å²) in [5.41, 5.74) is 6.98. The molecule has 2 rings (SSSR count). The van der Waals surface area contributed by atoms with Gasteiger partial charge in [-0.2, -0.15) is 0 Å². The molecule has 0 amide bonds. The van der Waals surface area contributed by atoms with Crippen LogP contribution in [0.2, 0.25) is 0 Å². The van der Waals surface area contributed by atoms with Gasteiger partial charge in [0.25, 0.3) is 0 Å². The first kappa shape index (κ1) is 12.8. The second-order valence-corrected chi connectivity index (χ2v) is 5.34. The number of ether oxygens (including phenoxy) is 1. The molecule has 1 aromatic rings. The molecule has 17 heavy (non-hydrogen) atoms. The van der Waals surface area contributed by atoms with Crippen molar-refractivity contribution in [3.63, 3.8) is 0 Å². The van der Waals surface area contributed by atoms with Gasteiger partial charge in [-0.1, -0.05) is 13.3 Å². The molecule has 0 atom stereocenters. The lowest BCUT2D eigenvalue weighted by molar-refractivity contribution is 0.152. The molecule has 1 fully saturated rings. The molecule has 96 valence electrons. The fourth-order valence-corrected chi connectivity index (χ4v) is 3.07. The number of hydrogen-bond donors (Lipinski definition) is 1. The normalized spacial score (nSPS) is 17.2. The average Bonchev–Trinajstić information content (AvgIpc) is 2.58. The van der Waals surface area contributed by atoms with E-state index in [1.165, 1.54) is 10.6 Å². The zero-order valence-electron chi connectivity index (χ0n) is 10.4. The van der Waals surface area contributed by atoms with Crippen LogP contribution < -0.4 is 10.6 Å². The van der Waals surface area contributed by atoms with Gasteiger partial charge in [-0.05, 0) is 12.8 Å². The van der Waals surface area contributed by atoms with E-state index in [0.29, 0.717) is 6.54 Å². The number of thiazole rings is 1. The lowest BCUT2D eigenvalue weighted by Crippen LogP contribution is -2.25. The standard InChI is InChI=1S/C12H21N3OS/c1-2-4-10-11(9-13)17-12(14-10)15-5-3-7-16-8-6-15/h2-9,13H2,1H3. The highest BCUT2D eigenvalue weighted by molar-refractivity contribution is 7.15. The van der Waals surface area contributed by atoms with Gasteiger partial charge < -0.3 is 15.4 Å². The summed E-state index contributed by atoms with van der Waals surface area (Å²) in [6.45, 7) is 6.46. The third-order valence-electron chi connectivity index (χ3n) is 2.93. The maximum Gasteiger partial charge on any atom is 0.185 e. The van der Waals surface area contributed by atoms with E-state index >= 15 is 0 Å². The zero-order valence-corrected chi connectivity index (χ0v) is 11.3. The molecule has 2 heterocycles. The van der Waals surface area contributed by atoms with Gasteiger partial charge in [0.1, 0.15) is 0 Å². The Kier molecular flexibility index (Phi) is 4.76. The molecule has 1 saturated heterocycles. The summed E-state index contributed by atoms with van der Waals surface area (Å²) in [4.78, 5) is 8.32. The highest BCUT2D eigenvalue weighted by atomic mass is 32.1. The number of aromatic nitrogens is 1. The van der Waals surface area contributed by atoms with Gasteiger partial charge in [0.15, 0.2) is 5.13 Å². The molecule has 0 spiro atoms. The van der Waals surface area contributed by atoms with Gasteiger partial charge in [-0.25, -0.2) is 4.98 Å². The zero-order chi connectivity index (χ0) is 12.1. The van der Waals surface area contributed by atoms with Crippen LogP contribution in [0.4, 0.5) is 5.13 Å². The first-order valence-corrected chi connectivity index (χ1v) is 7.18. The van der Waals surface area contributed by atoms with E-state index in [1.807, 2.05) is 0 Å². The Balaban J connectivity index is 2.13. The summed E-state index contributed by atoms with van der Waals surface area (Å²) in [7, 11) is 0. The molecule has 1 aliphatic rings. The van der Waals surface area contributed by atoms with Crippen LogP contribution in [0, 0.1) is 0 Å². The summed E-state index contributed by atoms with van der Waals surface area (Å²) in [5, 5.41) is 1.12. The van der Waals surface area contributed by atoms with Crippen LogP contribution in [0.15, 0.2) is 0 Å². The maximum absolute atomic E-state index is 5.78. The fourth-order valence-electron chi connectivity index (χ4n) is 2.03. The molecular weight excluding hydrogens is 234 g/mol. The molecule has 2 N–H and O–H groups in total. The molecule has 0 unspecified atom stereocenters. The molecule has 5 heteroatoms. The van der Waals surface area contributed by atoms with E-state index < -0.39 is 0 Å². The highest BCUT2D eigenvalue weighted by Gasteiger charge is 2.16. The van der Waals surface area contributed by atoms with E-state index in [0.717, 1.165) is 50.7 Å². The van der Waals surface area contributed by atoms with Gasteiger partial charge in [0.05, 0.1) is 12.3 Å². The van der Waals surface area contributed by atoms with Crippen molar-refractivity contribution >= 4 is 16.5 Å². The Labute approximate surface area is 107 Å². The van der Waals surface area contributed by atoms with Gasteiger partial charge >= 0.3 is 0 Å². The number of anilines is 1. The molecule has 0 saturated carbocycles. The molecule has 0 aliphatic carbocycles. The average molecular weight is 255 g/mol. The summed E-state index contributed by atoms with van der Waals surface area (Å²) in [6, 6.07) is 0. The second-order valence-electron chi connectivity index (χ2n) is 4.27. The molecule has 4 nitrogen and oxygen atoms in total. The van der Waals surface area contributed by atoms with Crippen molar-refractivity contribution in [2.45, 2.75) is 32.7 Å². The van der Waals surface area contributed by atoms with Crippen molar-refractivity contribution in [1.29, 1.82) is 0 Å². The van der Waals surface area contributed by atoms with Crippen LogP contribution in [0.5, 0.6) is 0 Å². The Bertz CT molecular complexity index is 346. The van der Waals surface area contributed by atoms with E-state index in [4.69, 9.17) is 15.5 Å². The fraction of sp³-hybridized carbons (Fsp3) is 0.750. The molecular formula is C12H21N3OS. The van der Waals surface area contributed by atoms with Crippen LogP contribution in [0.25, 0.3) is 0 Å². The van der Waals surface area contributed by atoms with Gasteiger partial charge in [-0.15, -0.1) is 11.3 Å². The third-order valence-corrected chi connectivity index (χ3v) is 4.11. The van der Waals surface area contributed by atoms with Crippen molar-refractivity contribution in [3.05, 3.63) is 10.6 Å². The van der Waals surface area contributed by atoms with Crippen molar-refractivity contribution in [2.24, 2.45) is 5.73 Å². The van der Waals surface area contributed by atoms with Crippen LogP contribution in [-0.4, -0.2) is 31.3 Å². The van der Waals surface area contributed by atoms with E-state index in [9.17, 15) is 0 Å². The Morgan fingerprint density at radius 2 is 2.29 bits per heavy atom. The first-order valence-electron chi connectivity index (χ1n) is 6.36. The predicted molar refractivity (Wildman–Crippen MR) is 71.6 cm³/mol. The Hall–Kier alpha value is -0.650. The number of nitrogens with zero attached hydrogens (tertiary/aromatic N) is 2. The number of aryl methyl sites for hydroxylation is 1. The Morgan fingerprint density at radius 3 is 3.06 bits per heavy atom. The minimum Gasteiger partial charge on any atom is -0.380 e. The largest absolute Gasteiger partial charge is 0.380 e. The summed E-state index contributed by atoms with van der Waals surface area (Å²) < 4.78 is 5.47. The SMILES string of the molecule is CCCc1nc(N2CCCOCC2)sc1CN. The monoisotopic (exact) mass is 255 g/mol. The van der Waals surface area contributed by atoms with Crippen LogP contribution in [0.3, 0.4) is 0 Å². The Morgan fingerprint density at radius 1 is 1.41 bits per heavy atom. The molecule has 0 aromatic carbocycles. The number of nitrogens with two attached hydrogens (primary N) is 1. The molecule has 1 aromatic heterocycles.